The first-order chi connectivity index (χ1) is 2.00. The van der Waals surface area contributed by atoms with E-state index in [0.29, 0.717) is 0 Å². The van der Waals surface area contributed by atoms with Gasteiger partial charge in [0, 0.05) is 57.3 Å². The van der Waals surface area contributed by atoms with Gasteiger partial charge in [-0.15, -0.1) is 0 Å². The van der Waals surface area contributed by atoms with Gasteiger partial charge in [0.15, 0.2) is 0 Å². The van der Waals surface area contributed by atoms with Crippen LogP contribution >= 0.6 is 7.82 Å². The third kappa shape index (κ3) is 73.0. The summed E-state index contributed by atoms with van der Waals surface area (Å²) in [7, 11) is -4.64. The summed E-state index contributed by atoms with van der Waals surface area (Å²) in [4.78, 5) is 21.6. The van der Waals surface area contributed by atoms with Crippen LogP contribution in [0.3, 0.4) is 0 Å². The molecule has 0 aromatic heterocycles. The van der Waals surface area contributed by atoms with Gasteiger partial charge in [0.05, 0.1) is 0 Å². The molecule has 0 bridgehead atoms. The zero-order valence-electron chi connectivity index (χ0n) is 5.27. The molecule has 0 rings (SSSR count). The van der Waals surface area contributed by atoms with Crippen LogP contribution in [0.5, 0.6) is 0 Å². The first-order valence-corrected chi connectivity index (χ1v) is 2.35. The molecule has 0 unspecified atom stereocenters. The van der Waals surface area contributed by atoms with E-state index in [0.717, 1.165) is 0 Å². The summed E-state index contributed by atoms with van der Waals surface area (Å²) in [6, 6.07) is 0. The SMILES string of the molecule is O=P(O)(O)O.[H-].[La].[Li+].[Ti]. The van der Waals surface area contributed by atoms with E-state index >= 15 is 0 Å². The van der Waals surface area contributed by atoms with Crippen molar-refractivity contribution in [2.75, 3.05) is 0 Å². The van der Waals surface area contributed by atoms with Gasteiger partial charge < -0.3 is 16.1 Å². The van der Waals surface area contributed by atoms with Gasteiger partial charge >= 0.3 is 26.7 Å². The molecule has 0 aliphatic rings. The van der Waals surface area contributed by atoms with Crippen LogP contribution in [0, 0.1) is 35.6 Å². The molecule has 41 valence electrons. The molecule has 0 amide bonds. The minimum absolute atomic E-state index is 0. The van der Waals surface area contributed by atoms with Crippen LogP contribution < -0.4 is 18.9 Å². The Morgan fingerprint density at radius 2 is 1.25 bits per heavy atom. The molecule has 1 radical (unpaired) electrons. The van der Waals surface area contributed by atoms with Crippen molar-refractivity contribution >= 4 is 7.82 Å². The van der Waals surface area contributed by atoms with Crippen molar-refractivity contribution < 1.29 is 96.8 Å². The summed E-state index contributed by atoms with van der Waals surface area (Å²) < 4.78 is 8.88. The monoisotopic (exact) mass is 293 g/mol. The van der Waals surface area contributed by atoms with E-state index in [4.69, 9.17) is 19.2 Å². The minimum atomic E-state index is -4.64. The van der Waals surface area contributed by atoms with Gasteiger partial charge in [-0.2, -0.15) is 0 Å². The molecule has 0 saturated carbocycles. The van der Waals surface area contributed by atoms with Crippen molar-refractivity contribution in [2.24, 2.45) is 0 Å². The van der Waals surface area contributed by atoms with E-state index < -0.39 is 7.82 Å². The Labute approximate surface area is 103 Å². The second-order valence-corrected chi connectivity index (χ2v) is 1.54. The molecule has 0 heterocycles. The number of phosphoric acid groups is 1. The standard InChI is InChI=1S/La.Li.H3O4P.Ti.H/c;;1-5(2,3)4;;/h;;(H3,1,2,3,4);;/q;+1;;;-1. The van der Waals surface area contributed by atoms with Gasteiger partial charge in [0.25, 0.3) is 0 Å². The molecule has 0 aromatic rings. The summed E-state index contributed by atoms with van der Waals surface area (Å²) in [5.41, 5.74) is 0. The molecule has 8 heteroatoms. The normalized spacial score (nSPS) is 7.38. The molecule has 0 aliphatic heterocycles. The summed E-state index contributed by atoms with van der Waals surface area (Å²) in [6.07, 6.45) is 0. The van der Waals surface area contributed by atoms with Gasteiger partial charge in [-0.1, -0.05) is 0 Å². The van der Waals surface area contributed by atoms with Gasteiger partial charge in [0.1, 0.15) is 0 Å². The molecular formula is H4LaLiO4PTi. The number of hydrogen-bond acceptors (Lipinski definition) is 1. The summed E-state index contributed by atoms with van der Waals surface area (Å²) in [5.74, 6) is 0. The van der Waals surface area contributed by atoms with Crippen molar-refractivity contribution in [2.45, 2.75) is 0 Å². The fraction of sp³-hybridized carbons (Fsp3) is 0. The molecule has 0 spiro atoms. The van der Waals surface area contributed by atoms with E-state index in [2.05, 4.69) is 0 Å². The molecule has 0 aliphatic carbocycles. The zero-order valence-corrected chi connectivity index (χ0v) is 10.4. The Hall–Kier alpha value is 2.62. The Bertz CT molecular complexity index is 66.7. The molecule has 8 heavy (non-hydrogen) atoms. The van der Waals surface area contributed by atoms with Crippen LogP contribution in [0.25, 0.3) is 0 Å². The third-order valence-corrected chi connectivity index (χ3v) is 0. The van der Waals surface area contributed by atoms with E-state index in [-0.39, 0.29) is 77.6 Å². The second-order valence-electron chi connectivity index (χ2n) is 0.513. The molecule has 4 nitrogen and oxygen atoms in total. The zero-order chi connectivity index (χ0) is 4.50. The smallest absolute Gasteiger partial charge is 1.00 e. The molecule has 0 fully saturated rings. The average Bonchev–Trinajstić information content (AvgIpc) is 0.722. The van der Waals surface area contributed by atoms with Crippen LogP contribution in [0.4, 0.5) is 0 Å². The third-order valence-electron chi connectivity index (χ3n) is 0. The summed E-state index contributed by atoms with van der Waals surface area (Å²) in [6.45, 7) is 0. The quantitative estimate of drug-likeness (QED) is 0.316. The second kappa shape index (κ2) is 9.62. The van der Waals surface area contributed by atoms with Crippen molar-refractivity contribution in [1.29, 1.82) is 0 Å². The van der Waals surface area contributed by atoms with Gasteiger partial charge in [-0.3, -0.25) is 0 Å². The first kappa shape index (κ1) is 22.4. The summed E-state index contributed by atoms with van der Waals surface area (Å²) >= 11 is 0. The van der Waals surface area contributed by atoms with Crippen LogP contribution in [0.15, 0.2) is 0 Å². The number of hydrogen-bond donors (Lipinski definition) is 3. The van der Waals surface area contributed by atoms with Crippen LogP contribution in [0.1, 0.15) is 1.43 Å². The Balaban J connectivity index is -0.0000000133. The average molecular weight is 293 g/mol. The molecule has 3 N–H and O–H groups in total. The summed E-state index contributed by atoms with van der Waals surface area (Å²) in [5, 5.41) is 0. The fourth-order valence-corrected chi connectivity index (χ4v) is 0. The van der Waals surface area contributed by atoms with Crippen molar-refractivity contribution in [1.82, 2.24) is 0 Å². The maximum atomic E-state index is 8.88. The Morgan fingerprint density at radius 1 is 1.25 bits per heavy atom. The van der Waals surface area contributed by atoms with E-state index in [1.807, 2.05) is 0 Å². The van der Waals surface area contributed by atoms with E-state index in [9.17, 15) is 0 Å². The largest absolute Gasteiger partial charge is 1.00 e. The first-order valence-electron chi connectivity index (χ1n) is 0.783. The van der Waals surface area contributed by atoms with Crippen LogP contribution in [0.2, 0.25) is 0 Å². The van der Waals surface area contributed by atoms with E-state index in [1.165, 1.54) is 0 Å². The van der Waals surface area contributed by atoms with Gasteiger partial charge in [-0.05, 0) is 0 Å². The minimum Gasteiger partial charge on any atom is -1.00 e. The molecule has 0 saturated heterocycles. The Kier molecular flexibility index (Phi) is 27.0. The van der Waals surface area contributed by atoms with Crippen molar-refractivity contribution in [3.63, 3.8) is 0 Å². The Morgan fingerprint density at radius 3 is 1.25 bits per heavy atom. The van der Waals surface area contributed by atoms with Crippen LogP contribution in [-0.2, 0) is 26.3 Å². The van der Waals surface area contributed by atoms with Crippen LogP contribution in [-0.4, -0.2) is 14.7 Å². The predicted octanol–water partition coefficient (Wildman–Crippen LogP) is -3.81. The van der Waals surface area contributed by atoms with Crippen molar-refractivity contribution in [3.8, 4) is 0 Å². The molecule has 0 atom stereocenters. The van der Waals surface area contributed by atoms with E-state index in [1.54, 1.807) is 0 Å². The maximum Gasteiger partial charge on any atom is 1.00 e. The molecular weight excluding hydrogens is 289 g/mol. The van der Waals surface area contributed by atoms with Gasteiger partial charge in [-0.25, -0.2) is 4.57 Å². The maximum absolute atomic E-state index is 8.88. The fourth-order valence-electron chi connectivity index (χ4n) is 0. The van der Waals surface area contributed by atoms with Gasteiger partial charge in [0.2, 0.25) is 0 Å². The predicted molar refractivity (Wildman–Crippen MR) is 15.4 cm³/mol. The van der Waals surface area contributed by atoms with Crippen molar-refractivity contribution in [3.05, 3.63) is 0 Å². The topological polar surface area (TPSA) is 77.8 Å². The molecule has 0 aromatic carbocycles. The number of rotatable bonds is 0.